The molecule has 0 unspecified atom stereocenters. The lowest BCUT2D eigenvalue weighted by atomic mass is 10.1. The van der Waals surface area contributed by atoms with Crippen LogP contribution in [0, 0.1) is 0 Å². The van der Waals surface area contributed by atoms with Crippen molar-refractivity contribution in [3.63, 3.8) is 0 Å². The van der Waals surface area contributed by atoms with E-state index in [1.807, 2.05) is 0 Å². The highest BCUT2D eigenvalue weighted by Gasteiger charge is 1.92. The van der Waals surface area contributed by atoms with Crippen LogP contribution in [0.5, 0.6) is 0 Å². The molecule has 0 aromatic rings. The minimum absolute atomic E-state index is 0.322. The molecule has 0 amide bonds. The van der Waals surface area contributed by atoms with Crippen molar-refractivity contribution < 1.29 is 4.79 Å². The lowest BCUT2D eigenvalue weighted by Gasteiger charge is -1.97. The molecule has 0 heterocycles. The first-order chi connectivity index (χ1) is 10.8. The largest absolute Gasteiger partial charge is 0.300 e. The van der Waals surface area contributed by atoms with Gasteiger partial charge >= 0.3 is 0 Å². The van der Waals surface area contributed by atoms with Gasteiger partial charge in [0.05, 0.1) is 0 Å². The van der Waals surface area contributed by atoms with Gasteiger partial charge in [-0.05, 0) is 51.9 Å². The topological polar surface area (TPSA) is 17.1 Å². The Morgan fingerprint density at radius 3 is 1.73 bits per heavy atom. The van der Waals surface area contributed by atoms with Crippen LogP contribution in [0.1, 0.15) is 90.9 Å². The fraction of sp³-hybridized carbons (Fsp3) is 0.667. The van der Waals surface area contributed by atoms with E-state index < -0.39 is 0 Å². The average Bonchev–Trinajstić information content (AvgIpc) is 2.50. The average molecular weight is 305 g/mol. The van der Waals surface area contributed by atoms with Gasteiger partial charge in [-0.3, -0.25) is 0 Å². The Balaban J connectivity index is 3.29. The summed E-state index contributed by atoms with van der Waals surface area (Å²) in [6.07, 6.45) is 27.6. The molecule has 0 saturated heterocycles. The molecule has 0 aromatic heterocycles. The molecule has 0 fully saturated rings. The smallest absolute Gasteiger partial charge is 0.129 e. The molecule has 0 radical (unpaired) electrons. The van der Waals surface area contributed by atoms with Gasteiger partial charge in [-0.15, -0.1) is 0 Å². The maximum Gasteiger partial charge on any atom is 0.129 e. The number of carbonyl (C=O) groups is 1. The molecule has 0 spiro atoms. The van der Waals surface area contributed by atoms with Gasteiger partial charge in [0.15, 0.2) is 0 Å². The molecule has 1 nitrogen and oxygen atoms in total. The van der Waals surface area contributed by atoms with Crippen LogP contribution < -0.4 is 0 Å². The standard InChI is InChI=1S/C21H36O/c1-3-4-5-6-7-8-9-10-11-12-13-14-15-16-17-18-19-20-21(2)22/h7-8,10-11,13-14H,3-6,9,12,15-20H2,1-2H3/b8-7-,11-10-,14-13-. The van der Waals surface area contributed by atoms with Crippen LogP contribution in [0.15, 0.2) is 36.5 Å². The van der Waals surface area contributed by atoms with Crippen molar-refractivity contribution in [1.82, 2.24) is 0 Å². The number of rotatable bonds is 15. The van der Waals surface area contributed by atoms with Crippen molar-refractivity contribution in [2.24, 2.45) is 0 Å². The normalized spacial score (nSPS) is 12.1. The second-order valence-corrected chi connectivity index (χ2v) is 6.04. The summed E-state index contributed by atoms with van der Waals surface area (Å²) in [6, 6.07) is 0. The Morgan fingerprint density at radius 1 is 0.682 bits per heavy atom. The fourth-order valence-electron chi connectivity index (χ4n) is 2.28. The monoisotopic (exact) mass is 304 g/mol. The molecule has 0 bridgehead atoms. The number of Topliss-reactive ketones (excluding diaryl/α,β-unsaturated/α-hetero) is 1. The van der Waals surface area contributed by atoms with Gasteiger partial charge in [0.1, 0.15) is 5.78 Å². The maximum atomic E-state index is 10.8. The summed E-state index contributed by atoms with van der Waals surface area (Å²) >= 11 is 0. The zero-order valence-corrected chi connectivity index (χ0v) is 14.9. The molecule has 126 valence electrons. The molecule has 0 aliphatic heterocycles. The second-order valence-electron chi connectivity index (χ2n) is 6.04. The number of unbranched alkanes of at least 4 members (excludes halogenated alkanes) is 7. The minimum Gasteiger partial charge on any atom is -0.300 e. The van der Waals surface area contributed by atoms with E-state index in [0.29, 0.717) is 5.78 Å². The SMILES string of the molecule is CCCCC/C=C\C/C=C\C/C=C\CCCCCCC(C)=O. The second kappa shape index (κ2) is 17.9. The van der Waals surface area contributed by atoms with Crippen molar-refractivity contribution in [3.8, 4) is 0 Å². The summed E-state index contributed by atoms with van der Waals surface area (Å²) in [5.41, 5.74) is 0. The van der Waals surface area contributed by atoms with Crippen molar-refractivity contribution in [2.45, 2.75) is 90.9 Å². The summed E-state index contributed by atoms with van der Waals surface area (Å²) in [6.45, 7) is 3.92. The van der Waals surface area contributed by atoms with E-state index >= 15 is 0 Å². The van der Waals surface area contributed by atoms with Gasteiger partial charge in [0.25, 0.3) is 0 Å². The molecule has 0 atom stereocenters. The van der Waals surface area contributed by atoms with E-state index in [-0.39, 0.29) is 0 Å². The molecule has 0 aliphatic carbocycles. The Morgan fingerprint density at radius 2 is 1.18 bits per heavy atom. The van der Waals surface area contributed by atoms with E-state index in [1.54, 1.807) is 6.92 Å². The van der Waals surface area contributed by atoms with E-state index in [0.717, 1.165) is 25.7 Å². The molecule has 1 heteroatoms. The van der Waals surface area contributed by atoms with Crippen LogP contribution >= 0.6 is 0 Å². The molecular weight excluding hydrogens is 268 g/mol. The fourth-order valence-corrected chi connectivity index (χ4v) is 2.28. The van der Waals surface area contributed by atoms with E-state index in [9.17, 15) is 4.79 Å². The van der Waals surface area contributed by atoms with E-state index in [1.165, 1.54) is 51.4 Å². The summed E-state index contributed by atoms with van der Waals surface area (Å²) < 4.78 is 0. The highest BCUT2D eigenvalue weighted by molar-refractivity contribution is 5.75. The number of hydrogen-bond acceptors (Lipinski definition) is 1. The summed E-state index contributed by atoms with van der Waals surface area (Å²) in [4.78, 5) is 10.8. The molecule has 0 rings (SSSR count). The zero-order valence-electron chi connectivity index (χ0n) is 14.9. The molecule has 22 heavy (non-hydrogen) atoms. The first-order valence-electron chi connectivity index (χ1n) is 9.21. The third-order valence-corrected chi connectivity index (χ3v) is 3.67. The van der Waals surface area contributed by atoms with Crippen LogP contribution in [0.2, 0.25) is 0 Å². The van der Waals surface area contributed by atoms with Gasteiger partial charge in [-0.2, -0.15) is 0 Å². The number of allylic oxidation sites excluding steroid dienone is 6. The van der Waals surface area contributed by atoms with Crippen molar-refractivity contribution in [2.75, 3.05) is 0 Å². The predicted molar refractivity (Wildman–Crippen MR) is 99.2 cm³/mol. The molecule has 0 aliphatic rings. The summed E-state index contributed by atoms with van der Waals surface area (Å²) in [7, 11) is 0. The van der Waals surface area contributed by atoms with Crippen LogP contribution in [-0.2, 0) is 4.79 Å². The van der Waals surface area contributed by atoms with Crippen molar-refractivity contribution in [1.29, 1.82) is 0 Å². The summed E-state index contributed by atoms with van der Waals surface area (Å²) in [5, 5.41) is 0. The first-order valence-corrected chi connectivity index (χ1v) is 9.21. The number of carbonyl (C=O) groups excluding carboxylic acids is 1. The quantitative estimate of drug-likeness (QED) is 0.236. The Kier molecular flexibility index (Phi) is 17.0. The van der Waals surface area contributed by atoms with E-state index in [2.05, 4.69) is 43.4 Å². The van der Waals surface area contributed by atoms with Gasteiger partial charge in [0, 0.05) is 6.42 Å². The van der Waals surface area contributed by atoms with Gasteiger partial charge < -0.3 is 4.79 Å². The molecule has 0 saturated carbocycles. The van der Waals surface area contributed by atoms with E-state index in [4.69, 9.17) is 0 Å². The first kappa shape index (κ1) is 20.9. The molecule has 0 N–H and O–H groups in total. The predicted octanol–water partition coefficient (Wildman–Crippen LogP) is 6.95. The molecule has 0 aromatic carbocycles. The zero-order chi connectivity index (χ0) is 16.3. The minimum atomic E-state index is 0.322. The lowest BCUT2D eigenvalue weighted by Crippen LogP contribution is -1.88. The lowest BCUT2D eigenvalue weighted by molar-refractivity contribution is -0.117. The Bertz CT molecular complexity index is 323. The Hall–Kier alpha value is -1.11. The van der Waals surface area contributed by atoms with Crippen LogP contribution in [0.25, 0.3) is 0 Å². The van der Waals surface area contributed by atoms with Crippen molar-refractivity contribution in [3.05, 3.63) is 36.5 Å². The highest BCUT2D eigenvalue weighted by atomic mass is 16.1. The third-order valence-electron chi connectivity index (χ3n) is 3.67. The van der Waals surface area contributed by atoms with Gasteiger partial charge in [-0.1, -0.05) is 69.1 Å². The molecular formula is C21H36O. The van der Waals surface area contributed by atoms with Gasteiger partial charge in [-0.25, -0.2) is 0 Å². The number of hydrogen-bond donors (Lipinski definition) is 0. The van der Waals surface area contributed by atoms with Crippen molar-refractivity contribution >= 4 is 5.78 Å². The van der Waals surface area contributed by atoms with Crippen LogP contribution in [-0.4, -0.2) is 5.78 Å². The maximum absolute atomic E-state index is 10.8. The van der Waals surface area contributed by atoms with Gasteiger partial charge in [0.2, 0.25) is 0 Å². The van der Waals surface area contributed by atoms with Crippen LogP contribution in [0.4, 0.5) is 0 Å². The third kappa shape index (κ3) is 18.9. The highest BCUT2D eigenvalue weighted by Crippen LogP contribution is 2.06. The summed E-state index contributed by atoms with van der Waals surface area (Å²) in [5.74, 6) is 0.322. The van der Waals surface area contributed by atoms with Crippen LogP contribution in [0.3, 0.4) is 0 Å². The Labute approximate surface area is 138 Å². The number of ketones is 1.